The largest absolute Gasteiger partial charge is 0.480 e. The number of hydrogen-bond donors (Lipinski definition) is 3. The summed E-state index contributed by atoms with van der Waals surface area (Å²) in [7, 11) is 0. The van der Waals surface area contributed by atoms with Crippen LogP contribution in [0.25, 0.3) is 0 Å². The molecule has 3 N–H and O–H groups in total. The minimum Gasteiger partial charge on any atom is -0.480 e. The minimum absolute atomic E-state index is 0.0409. The number of carboxylic acid groups (broad SMARTS) is 1. The maximum atomic E-state index is 11.8. The zero-order valence-corrected chi connectivity index (χ0v) is 12.1. The van der Waals surface area contributed by atoms with E-state index < -0.39 is 12.0 Å². The van der Waals surface area contributed by atoms with E-state index in [0.717, 1.165) is 31.6 Å². The minimum atomic E-state index is -0.908. The average Bonchev–Trinajstić information content (AvgIpc) is 2.31. The second-order valence-electron chi connectivity index (χ2n) is 5.97. The van der Waals surface area contributed by atoms with Crippen molar-refractivity contribution in [2.75, 3.05) is 6.54 Å². The molecular weight excluding hydrogens is 244 g/mol. The summed E-state index contributed by atoms with van der Waals surface area (Å²) in [5.74, 6) is -0.301. The highest BCUT2D eigenvalue weighted by atomic mass is 16.4. The Balaban J connectivity index is 2.29. The Bertz CT molecular complexity index is 310. The third-order valence-electron chi connectivity index (χ3n) is 3.80. The summed E-state index contributed by atoms with van der Waals surface area (Å²) in [5, 5.41) is 14.8. The Morgan fingerprint density at radius 1 is 1.21 bits per heavy atom. The Morgan fingerprint density at radius 3 is 2.26 bits per heavy atom. The molecule has 1 fully saturated rings. The fourth-order valence-corrected chi connectivity index (χ4v) is 2.49. The van der Waals surface area contributed by atoms with Gasteiger partial charge in [-0.1, -0.05) is 20.8 Å². The SMILES string of the molecule is CC1CCC(NC(=O)CNC(C(=O)O)C(C)C)CC1. The number of nitrogens with one attached hydrogen (secondary N) is 2. The lowest BCUT2D eigenvalue weighted by molar-refractivity contribution is -0.140. The summed E-state index contributed by atoms with van der Waals surface area (Å²) in [6.45, 7) is 5.96. The summed E-state index contributed by atoms with van der Waals surface area (Å²) >= 11 is 0. The summed E-state index contributed by atoms with van der Waals surface area (Å²) < 4.78 is 0. The van der Waals surface area contributed by atoms with Crippen LogP contribution in [0.2, 0.25) is 0 Å². The van der Waals surface area contributed by atoms with Gasteiger partial charge in [-0.25, -0.2) is 0 Å². The number of hydrogen-bond acceptors (Lipinski definition) is 3. The lowest BCUT2D eigenvalue weighted by Crippen LogP contribution is -2.48. The van der Waals surface area contributed by atoms with Crippen LogP contribution in [0.5, 0.6) is 0 Å². The molecule has 5 heteroatoms. The molecule has 110 valence electrons. The van der Waals surface area contributed by atoms with Gasteiger partial charge in [-0.15, -0.1) is 0 Å². The van der Waals surface area contributed by atoms with Crippen molar-refractivity contribution in [2.24, 2.45) is 11.8 Å². The molecule has 0 radical (unpaired) electrons. The normalized spacial score (nSPS) is 25.1. The van der Waals surface area contributed by atoms with Gasteiger partial charge in [-0.2, -0.15) is 0 Å². The molecule has 0 heterocycles. The van der Waals surface area contributed by atoms with E-state index in [1.54, 1.807) is 0 Å². The lowest BCUT2D eigenvalue weighted by Gasteiger charge is -2.27. The molecule has 1 unspecified atom stereocenters. The van der Waals surface area contributed by atoms with Gasteiger partial charge in [-0.05, 0) is 37.5 Å². The van der Waals surface area contributed by atoms with Crippen molar-refractivity contribution >= 4 is 11.9 Å². The van der Waals surface area contributed by atoms with Crippen LogP contribution in [-0.2, 0) is 9.59 Å². The van der Waals surface area contributed by atoms with E-state index >= 15 is 0 Å². The second-order valence-corrected chi connectivity index (χ2v) is 5.97. The molecule has 1 aliphatic rings. The van der Waals surface area contributed by atoms with Gasteiger partial charge < -0.3 is 10.4 Å². The first-order valence-corrected chi connectivity index (χ1v) is 7.15. The summed E-state index contributed by atoms with van der Waals surface area (Å²) in [6, 6.07) is -0.412. The smallest absolute Gasteiger partial charge is 0.320 e. The van der Waals surface area contributed by atoms with E-state index in [9.17, 15) is 9.59 Å². The zero-order valence-electron chi connectivity index (χ0n) is 12.1. The molecule has 19 heavy (non-hydrogen) atoms. The fraction of sp³-hybridized carbons (Fsp3) is 0.857. The van der Waals surface area contributed by atoms with Gasteiger partial charge in [0.05, 0.1) is 6.54 Å². The maximum Gasteiger partial charge on any atom is 0.320 e. The molecule has 0 aromatic rings. The Kier molecular flexibility index (Phi) is 6.28. The Morgan fingerprint density at radius 2 is 1.79 bits per heavy atom. The van der Waals surface area contributed by atoms with Crippen LogP contribution in [0.4, 0.5) is 0 Å². The van der Waals surface area contributed by atoms with Crippen LogP contribution in [0, 0.1) is 11.8 Å². The highest BCUT2D eigenvalue weighted by molar-refractivity contribution is 5.80. The van der Waals surface area contributed by atoms with Crippen molar-refractivity contribution in [3.63, 3.8) is 0 Å². The van der Waals surface area contributed by atoms with E-state index in [1.165, 1.54) is 0 Å². The third kappa shape index (κ3) is 5.59. The predicted octanol–water partition coefficient (Wildman–Crippen LogP) is 1.38. The lowest BCUT2D eigenvalue weighted by atomic mass is 9.87. The summed E-state index contributed by atoms with van der Waals surface area (Å²) in [4.78, 5) is 22.8. The van der Waals surface area contributed by atoms with Crippen LogP contribution in [0.15, 0.2) is 0 Å². The molecule has 0 aromatic heterocycles. The van der Waals surface area contributed by atoms with E-state index in [2.05, 4.69) is 17.6 Å². The standard InChI is InChI=1S/C14H26N2O3/c1-9(2)13(14(18)19)15-8-12(17)16-11-6-4-10(3)5-7-11/h9-11,13,15H,4-8H2,1-3H3,(H,16,17)(H,18,19). The zero-order chi connectivity index (χ0) is 14.4. The number of rotatable bonds is 6. The maximum absolute atomic E-state index is 11.8. The third-order valence-corrected chi connectivity index (χ3v) is 3.80. The van der Waals surface area contributed by atoms with Crippen molar-refractivity contribution in [1.29, 1.82) is 0 Å². The van der Waals surface area contributed by atoms with E-state index in [1.807, 2.05) is 13.8 Å². The second kappa shape index (κ2) is 7.48. The summed E-state index contributed by atoms with van der Waals surface area (Å²) in [6.07, 6.45) is 4.36. The van der Waals surface area contributed by atoms with Crippen molar-refractivity contribution in [3.05, 3.63) is 0 Å². The molecule has 1 amide bonds. The molecule has 0 aliphatic heterocycles. The van der Waals surface area contributed by atoms with Gasteiger partial charge in [0.2, 0.25) is 5.91 Å². The quantitative estimate of drug-likeness (QED) is 0.681. The molecule has 1 rings (SSSR count). The molecular formula is C14H26N2O3. The van der Waals surface area contributed by atoms with E-state index in [0.29, 0.717) is 0 Å². The van der Waals surface area contributed by atoms with Gasteiger partial charge in [0.25, 0.3) is 0 Å². The van der Waals surface area contributed by atoms with Crippen LogP contribution in [0.3, 0.4) is 0 Å². The van der Waals surface area contributed by atoms with Gasteiger partial charge in [0.1, 0.15) is 6.04 Å². The van der Waals surface area contributed by atoms with Crippen LogP contribution in [0.1, 0.15) is 46.5 Å². The Hall–Kier alpha value is -1.10. The van der Waals surface area contributed by atoms with Crippen molar-refractivity contribution in [1.82, 2.24) is 10.6 Å². The van der Waals surface area contributed by atoms with E-state index in [-0.39, 0.29) is 24.4 Å². The highest BCUT2D eigenvalue weighted by Gasteiger charge is 2.23. The van der Waals surface area contributed by atoms with Crippen LogP contribution >= 0.6 is 0 Å². The van der Waals surface area contributed by atoms with Crippen molar-refractivity contribution < 1.29 is 14.7 Å². The number of carbonyl (C=O) groups excluding carboxylic acids is 1. The first-order chi connectivity index (χ1) is 8.90. The average molecular weight is 270 g/mol. The van der Waals surface area contributed by atoms with Crippen LogP contribution < -0.4 is 10.6 Å². The molecule has 0 bridgehead atoms. The van der Waals surface area contributed by atoms with Crippen molar-refractivity contribution in [3.8, 4) is 0 Å². The number of amides is 1. The Labute approximate surface area is 115 Å². The van der Waals surface area contributed by atoms with Crippen LogP contribution in [-0.4, -0.2) is 35.6 Å². The number of carbonyl (C=O) groups is 2. The molecule has 1 atom stereocenters. The topological polar surface area (TPSA) is 78.4 Å². The number of carboxylic acids is 1. The van der Waals surface area contributed by atoms with Crippen molar-refractivity contribution in [2.45, 2.75) is 58.5 Å². The summed E-state index contributed by atoms with van der Waals surface area (Å²) in [5.41, 5.74) is 0. The molecule has 0 aromatic carbocycles. The van der Waals surface area contributed by atoms with Gasteiger partial charge >= 0.3 is 5.97 Å². The first kappa shape index (κ1) is 16.0. The molecule has 5 nitrogen and oxygen atoms in total. The first-order valence-electron chi connectivity index (χ1n) is 7.15. The number of aliphatic carboxylic acids is 1. The molecule has 1 aliphatic carbocycles. The predicted molar refractivity (Wildman–Crippen MR) is 73.8 cm³/mol. The van der Waals surface area contributed by atoms with Gasteiger partial charge in [0, 0.05) is 6.04 Å². The highest BCUT2D eigenvalue weighted by Crippen LogP contribution is 2.23. The van der Waals surface area contributed by atoms with Gasteiger partial charge in [0.15, 0.2) is 0 Å². The van der Waals surface area contributed by atoms with E-state index in [4.69, 9.17) is 5.11 Å². The fourth-order valence-electron chi connectivity index (χ4n) is 2.49. The monoisotopic (exact) mass is 270 g/mol. The molecule has 0 spiro atoms. The molecule has 0 saturated heterocycles. The van der Waals surface area contributed by atoms with Gasteiger partial charge in [-0.3, -0.25) is 14.9 Å². The molecule has 1 saturated carbocycles.